The van der Waals surface area contributed by atoms with Gasteiger partial charge in [-0.1, -0.05) is 6.07 Å². The molecule has 0 saturated carbocycles. The SMILES string of the molecule is O=C(CN1C(=O)NC2(CCCc3sccc32)C1=O)NCc1cccs1. The molecule has 0 radical (unpaired) electrons. The lowest BCUT2D eigenvalue weighted by molar-refractivity contribution is -0.135. The number of thiophene rings is 2. The van der Waals surface area contributed by atoms with Gasteiger partial charge in [0.15, 0.2) is 0 Å². The monoisotopic (exact) mass is 375 g/mol. The standard InChI is InChI=1S/C17H17N3O3S2/c21-14(18-9-11-3-2-7-24-11)10-20-15(22)17(19-16(20)23)6-1-4-13-12(17)5-8-25-13/h2-3,5,7-8H,1,4,6,9-10H2,(H,18,21)(H,19,23). The number of urea groups is 1. The first-order valence-corrected chi connectivity index (χ1v) is 9.86. The normalized spacial score (nSPS) is 22.2. The summed E-state index contributed by atoms with van der Waals surface area (Å²) in [6.07, 6.45) is 2.35. The van der Waals surface area contributed by atoms with Crippen LogP contribution >= 0.6 is 22.7 Å². The minimum absolute atomic E-state index is 0.253. The van der Waals surface area contributed by atoms with Gasteiger partial charge >= 0.3 is 6.03 Å². The van der Waals surface area contributed by atoms with Gasteiger partial charge < -0.3 is 10.6 Å². The highest BCUT2D eigenvalue weighted by Crippen LogP contribution is 2.41. The molecule has 2 aliphatic rings. The second kappa shape index (κ2) is 6.27. The molecule has 1 aliphatic heterocycles. The first kappa shape index (κ1) is 16.3. The highest BCUT2D eigenvalue weighted by atomic mass is 32.1. The van der Waals surface area contributed by atoms with Gasteiger partial charge in [-0.05, 0) is 42.2 Å². The maximum atomic E-state index is 13.0. The Labute approximate surface area is 152 Å². The zero-order chi connectivity index (χ0) is 17.4. The summed E-state index contributed by atoms with van der Waals surface area (Å²) >= 11 is 3.16. The van der Waals surface area contributed by atoms with E-state index in [4.69, 9.17) is 0 Å². The van der Waals surface area contributed by atoms with Crippen molar-refractivity contribution in [3.8, 4) is 0 Å². The number of aryl methyl sites for hydroxylation is 1. The van der Waals surface area contributed by atoms with Crippen LogP contribution in [0.1, 0.15) is 28.2 Å². The van der Waals surface area contributed by atoms with E-state index in [1.807, 2.05) is 29.0 Å². The number of fused-ring (bicyclic) bond motifs is 2. The van der Waals surface area contributed by atoms with Crippen molar-refractivity contribution in [2.45, 2.75) is 31.3 Å². The maximum absolute atomic E-state index is 13.0. The number of carbonyl (C=O) groups excluding carboxylic acids is 3. The number of carbonyl (C=O) groups is 3. The van der Waals surface area contributed by atoms with Gasteiger partial charge in [0.05, 0.1) is 6.54 Å². The minimum atomic E-state index is -0.987. The summed E-state index contributed by atoms with van der Waals surface area (Å²) in [5.74, 6) is -0.654. The number of nitrogens with one attached hydrogen (secondary N) is 2. The Morgan fingerprint density at radius 2 is 2.16 bits per heavy atom. The molecule has 6 nitrogen and oxygen atoms in total. The van der Waals surface area contributed by atoms with E-state index in [0.29, 0.717) is 13.0 Å². The van der Waals surface area contributed by atoms with Gasteiger partial charge in [-0.2, -0.15) is 0 Å². The van der Waals surface area contributed by atoms with Crippen LogP contribution in [0.2, 0.25) is 0 Å². The zero-order valence-corrected chi connectivity index (χ0v) is 15.0. The molecule has 25 heavy (non-hydrogen) atoms. The Hall–Kier alpha value is -2.19. The van der Waals surface area contributed by atoms with Crippen molar-refractivity contribution in [3.05, 3.63) is 44.3 Å². The molecule has 1 saturated heterocycles. The van der Waals surface area contributed by atoms with Crippen LogP contribution in [0.3, 0.4) is 0 Å². The number of imide groups is 1. The highest BCUT2D eigenvalue weighted by molar-refractivity contribution is 7.10. The Kier molecular flexibility index (Phi) is 4.09. The summed E-state index contributed by atoms with van der Waals surface area (Å²) in [5, 5.41) is 9.50. The molecule has 2 aromatic rings. The topological polar surface area (TPSA) is 78.5 Å². The zero-order valence-electron chi connectivity index (χ0n) is 13.4. The third-order valence-corrected chi connectivity index (χ3v) is 6.54. The van der Waals surface area contributed by atoms with Crippen LogP contribution in [0.4, 0.5) is 4.79 Å². The van der Waals surface area contributed by atoms with Crippen LogP contribution in [-0.4, -0.2) is 29.3 Å². The first-order chi connectivity index (χ1) is 12.1. The Morgan fingerprint density at radius 3 is 2.96 bits per heavy atom. The van der Waals surface area contributed by atoms with Crippen molar-refractivity contribution in [1.29, 1.82) is 0 Å². The van der Waals surface area contributed by atoms with E-state index in [-0.39, 0.29) is 18.4 Å². The van der Waals surface area contributed by atoms with Crippen LogP contribution in [0, 0.1) is 0 Å². The Balaban J connectivity index is 1.48. The largest absolute Gasteiger partial charge is 0.350 e. The maximum Gasteiger partial charge on any atom is 0.325 e. The smallest absolute Gasteiger partial charge is 0.325 e. The second-order valence-electron chi connectivity index (χ2n) is 6.19. The van der Waals surface area contributed by atoms with Crippen LogP contribution in [-0.2, 0) is 28.1 Å². The molecule has 3 heterocycles. The van der Waals surface area contributed by atoms with Gasteiger partial charge in [0.2, 0.25) is 5.91 Å². The molecule has 1 unspecified atom stereocenters. The van der Waals surface area contributed by atoms with Crippen molar-refractivity contribution < 1.29 is 14.4 Å². The van der Waals surface area contributed by atoms with Crippen LogP contribution < -0.4 is 10.6 Å². The first-order valence-electron chi connectivity index (χ1n) is 8.10. The summed E-state index contributed by atoms with van der Waals surface area (Å²) in [7, 11) is 0. The van der Waals surface area contributed by atoms with E-state index in [1.54, 1.807) is 22.7 Å². The fourth-order valence-corrected chi connectivity index (χ4v) is 5.13. The summed E-state index contributed by atoms with van der Waals surface area (Å²) in [4.78, 5) is 40.7. The van der Waals surface area contributed by atoms with Gasteiger partial charge in [-0.3, -0.25) is 14.5 Å². The summed E-state index contributed by atoms with van der Waals surface area (Å²) in [6, 6.07) is 5.26. The van der Waals surface area contributed by atoms with Crippen molar-refractivity contribution in [3.63, 3.8) is 0 Å². The van der Waals surface area contributed by atoms with E-state index >= 15 is 0 Å². The molecule has 1 spiro atoms. The van der Waals surface area contributed by atoms with Gasteiger partial charge in [0, 0.05) is 15.3 Å². The number of amides is 4. The molecule has 1 fully saturated rings. The average Bonchev–Trinajstić information content (AvgIpc) is 3.32. The molecular formula is C17H17N3O3S2. The van der Waals surface area contributed by atoms with Crippen molar-refractivity contribution in [1.82, 2.24) is 15.5 Å². The second-order valence-corrected chi connectivity index (χ2v) is 8.23. The summed E-state index contributed by atoms with van der Waals surface area (Å²) in [5.41, 5.74) is -0.0952. The van der Waals surface area contributed by atoms with Gasteiger partial charge in [-0.15, -0.1) is 22.7 Å². The van der Waals surface area contributed by atoms with E-state index in [1.165, 1.54) is 0 Å². The quantitative estimate of drug-likeness (QED) is 0.804. The summed E-state index contributed by atoms with van der Waals surface area (Å²) in [6.45, 7) is 0.150. The molecule has 1 aliphatic carbocycles. The Morgan fingerprint density at radius 1 is 1.28 bits per heavy atom. The molecule has 2 N–H and O–H groups in total. The number of rotatable bonds is 4. The van der Waals surface area contributed by atoms with E-state index in [9.17, 15) is 14.4 Å². The molecular weight excluding hydrogens is 358 g/mol. The van der Waals surface area contributed by atoms with Gasteiger partial charge in [0.25, 0.3) is 5.91 Å². The van der Waals surface area contributed by atoms with Crippen molar-refractivity contribution in [2.24, 2.45) is 0 Å². The molecule has 0 bridgehead atoms. The predicted octanol–water partition coefficient (Wildman–Crippen LogP) is 2.21. The lowest BCUT2D eigenvalue weighted by Gasteiger charge is -2.31. The minimum Gasteiger partial charge on any atom is -0.350 e. The van der Waals surface area contributed by atoms with E-state index < -0.39 is 11.6 Å². The van der Waals surface area contributed by atoms with E-state index in [2.05, 4.69) is 10.6 Å². The molecule has 130 valence electrons. The summed E-state index contributed by atoms with van der Waals surface area (Å²) < 4.78 is 0. The van der Waals surface area contributed by atoms with Crippen LogP contribution in [0.15, 0.2) is 29.0 Å². The molecule has 2 aromatic heterocycles. The van der Waals surface area contributed by atoms with E-state index in [0.717, 1.165) is 33.1 Å². The van der Waals surface area contributed by atoms with Crippen molar-refractivity contribution >= 4 is 40.5 Å². The average molecular weight is 375 g/mol. The highest BCUT2D eigenvalue weighted by Gasteiger charge is 2.54. The molecule has 8 heteroatoms. The number of hydrogen-bond acceptors (Lipinski definition) is 5. The molecule has 4 rings (SSSR count). The van der Waals surface area contributed by atoms with Gasteiger partial charge in [-0.25, -0.2) is 4.79 Å². The number of nitrogens with zero attached hydrogens (tertiary/aromatic N) is 1. The molecule has 4 amide bonds. The van der Waals surface area contributed by atoms with Crippen molar-refractivity contribution in [2.75, 3.05) is 6.54 Å². The van der Waals surface area contributed by atoms with Crippen LogP contribution in [0.5, 0.6) is 0 Å². The third kappa shape index (κ3) is 2.75. The lowest BCUT2D eigenvalue weighted by Crippen LogP contribution is -2.46. The Bertz CT molecular complexity index is 830. The fraction of sp³-hybridized carbons (Fsp3) is 0.353. The van der Waals surface area contributed by atoms with Crippen LogP contribution in [0.25, 0.3) is 0 Å². The lowest BCUT2D eigenvalue weighted by atomic mass is 9.80. The fourth-order valence-electron chi connectivity index (χ4n) is 3.48. The predicted molar refractivity (Wildman–Crippen MR) is 95.3 cm³/mol. The number of hydrogen-bond donors (Lipinski definition) is 2. The molecule has 1 atom stereocenters. The molecule has 0 aromatic carbocycles. The van der Waals surface area contributed by atoms with Gasteiger partial charge in [0.1, 0.15) is 12.1 Å². The third-order valence-electron chi connectivity index (χ3n) is 4.68.